The number of nitrogens with zero attached hydrogens (tertiary/aromatic N) is 6. The molecule has 12 heteroatoms. The van der Waals surface area contributed by atoms with Gasteiger partial charge in [-0.25, -0.2) is 18.3 Å². The fourth-order valence-electron chi connectivity index (χ4n) is 5.25. The summed E-state index contributed by atoms with van der Waals surface area (Å²) in [4.78, 5) is 17.8. The van der Waals surface area contributed by atoms with Crippen molar-refractivity contribution in [1.29, 1.82) is 5.26 Å². The van der Waals surface area contributed by atoms with Gasteiger partial charge >= 0.3 is 6.09 Å². The molecule has 1 aromatic carbocycles. The molecule has 0 N–H and O–H groups in total. The van der Waals surface area contributed by atoms with Gasteiger partial charge in [-0.2, -0.15) is 5.26 Å². The SMILES string of the molecule is N#CC1(c2ccc(-c3c(F)cc(N4C[C@H](Cn5ccnn5)OC4=O)cc3F)cn2)[C@@H]2CS(=O)C[C@@H]21. The summed E-state index contributed by atoms with van der Waals surface area (Å²) in [6.45, 7) is 0.377. The normalized spacial score (nSPS) is 29.1. The molecule has 3 fully saturated rings. The Kier molecular flexibility index (Phi) is 4.93. The Morgan fingerprint density at radius 3 is 2.57 bits per heavy atom. The fourth-order valence-corrected chi connectivity index (χ4v) is 7.18. The number of halogens is 2. The molecule has 178 valence electrons. The Bertz CT molecular complexity index is 1350. The molecule has 9 nitrogen and oxygen atoms in total. The molecule has 2 aliphatic heterocycles. The first-order valence-corrected chi connectivity index (χ1v) is 12.4. The van der Waals surface area contributed by atoms with Crippen LogP contribution in [0, 0.1) is 34.8 Å². The number of carbonyl (C=O) groups is 1. The van der Waals surface area contributed by atoms with E-state index >= 15 is 8.78 Å². The van der Waals surface area contributed by atoms with Gasteiger partial charge < -0.3 is 4.74 Å². The van der Waals surface area contributed by atoms with E-state index in [9.17, 15) is 14.3 Å². The first kappa shape index (κ1) is 21.8. The van der Waals surface area contributed by atoms with Crippen molar-refractivity contribution in [3.63, 3.8) is 0 Å². The van der Waals surface area contributed by atoms with E-state index in [1.807, 2.05) is 0 Å². The lowest BCUT2D eigenvalue weighted by atomic mass is 9.97. The van der Waals surface area contributed by atoms with Gasteiger partial charge in [0.05, 0.1) is 42.3 Å². The van der Waals surface area contributed by atoms with Crippen LogP contribution in [0.15, 0.2) is 42.9 Å². The highest BCUT2D eigenvalue weighted by Gasteiger charge is 2.70. The van der Waals surface area contributed by atoms with Crippen LogP contribution in [0.5, 0.6) is 0 Å². The Morgan fingerprint density at radius 1 is 1.23 bits per heavy atom. The smallest absolute Gasteiger partial charge is 0.414 e. The number of amides is 1. The van der Waals surface area contributed by atoms with Crippen LogP contribution in [0.25, 0.3) is 11.1 Å². The van der Waals surface area contributed by atoms with Crippen LogP contribution in [0.3, 0.4) is 0 Å². The average molecular weight is 496 g/mol. The molecule has 3 aliphatic rings. The molecule has 1 amide bonds. The molecule has 1 aliphatic carbocycles. The molecule has 0 bridgehead atoms. The molecule has 1 saturated carbocycles. The number of rotatable bonds is 5. The molecule has 35 heavy (non-hydrogen) atoms. The third-order valence-electron chi connectivity index (χ3n) is 7.01. The topological polar surface area (TPSA) is 114 Å². The van der Waals surface area contributed by atoms with Crippen molar-refractivity contribution in [2.24, 2.45) is 11.8 Å². The minimum Gasteiger partial charge on any atom is -0.442 e. The molecule has 0 radical (unpaired) electrons. The number of nitriles is 1. The largest absolute Gasteiger partial charge is 0.442 e. The third kappa shape index (κ3) is 3.41. The van der Waals surface area contributed by atoms with E-state index in [0.717, 1.165) is 12.1 Å². The molecule has 5 atom stereocenters. The summed E-state index contributed by atoms with van der Waals surface area (Å²) in [6.07, 6.45) is 3.22. The number of anilines is 1. The highest BCUT2D eigenvalue weighted by Crippen LogP contribution is 2.62. The van der Waals surface area contributed by atoms with Crippen LogP contribution in [-0.4, -0.2) is 54.4 Å². The fraction of sp³-hybridized carbons (Fsp3) is 0.348. The summed E-state index contributed by atoms with van der Waals surface area (Å²) < 4.78 is 48.7. The summed E-state index contributed by atoms with van der Waals surface area (Å²) in [7, 11) is -0.904. The van der Waals surface area contributed by atoms with Gasteiger partial charge in [0.1, 0.15) is 23.2 Å². The summed E-state index contributed by atoms with van der Waals surface area (Å²) in [6, 6.07) is 7.65. The van der Waals surface area contributed by atoms with Crippen molar-refractivity contribution < 1.29 is 22.5 Å². The molecule has 6 rings (SSSR count). The number of fused-ring (bicyclic) bond motifs is 1. The van der Waals surface area contributed by atoms with E-state index in [1.54, 1.807) is 12.3 Å². The molecule has 4 heterocycles. The number of benzene rings is 1. The third-order valence-corrected chi connectivity index (χ3v) is 8.48. The van der Waals surface area contributed by atoms with Crippen LogP contribution in [0.4, 0.5) is 19.3 Å². The molecule has 0 spiro atoms. The quantitative estimate of drug-likeness (QED) is 0.533. The predicted octanol–water partition coefficient (Wildman–Crippen LogP) is 2.41. The Balaban J connectivity index is 1.23. The van der Waals surface area contributed by atoms with Crippen LogP contribution in [0.2, 0.25) is 0 Å². The summed E-state index contributed by atoms with van der Waals surface area (Å²) in [5.74, 6) is -0.733. The van der Waals surface area contributed by atoms with E-state index in [4.69, 9.17) is 4.74 Å². The zero-order valence-electron chi connectivity index (χ0n) is 18.2. The van der Waals surface area contributed by atoms with Crippen LogP contribution in [0.1, 0.15) is 5.69 Å². The maximum atomic E-state index is 15.1. The van der Waals surface area contributed by atoms with Gasteiger partial charge in [0.25, 0.3) is 0 Å². The van der Waals surface area contributed by atoms with Crippen molar-refractivity contribution in [1.82, 2.24) is 20.0 Å². The average Bonchev–Trinajstić information content (AvgIpc) is 3.31. The predicted molar refractivity (Wildman–Crippen MR) is 119 cm³/mol. The van der Waals surface area contributed by atoms with Gasteiger partial charge in [-0.15, -0.1) is 5.10 Å². The standard InChI is InChI=1S/C23H18F2N6O3S/c24-18-5-14(31-9-15(34-22(31)32)8-30-4-3-28-29-30)6-19(25)21(18)13-1-2-20(27-7-13)23(12-26)16-10-35(33)11-17(16)23/h1-7,15-17H,8-11H2/t15-,16-,17+,23?,35?/m0/s1. The molecule has 3 aromatic rings. The zero-order chi connectivity index (χ0) is 24.3. The summed E-state index contributed by atoms with van der Waals surface area (Å²) in [5, 5.41) is 17.3. The Hall–Kier alpha value is -3.72. The number of carbonyl (C=O) groups excluding carboxylic acids is 1. The van der Waals surface area contributed by atoms with E-state index < -0.39 is 40.0 Å². The number of hydrogen-bond acceptors (Lipinski definition) is 7. The van der Waals surface area contributed by atoms with Crippen molar-refractivity contribution in [3.8, 4) is 17.2 Å². The minimum atomic E-state index is -0.904. The van der Waals surface area contributed by atoms with Gasteiger partial charge in [0.2, 0.25) is 0 Å². The number of aromatic nitrogens is 4. The maximum absolute atomic E-state index is 15.1. The monoisotopic (exact) mass is 496 g/mol. The van der Waals surface area contributed by atoms with Gasteiger partial charge in [-0.1, -0.05) is 11.3 Å². The van der Waals surface area contributed by atoms with Crippen molar-refractivity contribution in [3.05, 3.63) is 60.2 Å². The first-order chi connectivity index (χ1) is 16.9. The first-order valence-electron chi connectivity index (χ1n) is 10.9. The molecule has 2 aromatic heterocycles. The second kappa shape index (κ2) is 7.91. The van der Waals surface area contributed by atoms with Crippen molar-refractivity contribution in [2.75, 3.05) is 23.0 Å². The van der Waals surface area contributed by atoms with Crippen LogP contribution in [-0.2, 0) is 27.5 Å². The van der Waals surface area contributed by atoms with Gasteiger partial charge in [0.15, 0.2) is 0 Å². The Morgan fingerprint density at radius 2 is 1.97 bits per heavy atom. The number of cyclic esters (lactones) is 1. The second-order valence-corrected chi connectivity index (χ2v) is 10.5. The molecular formula is C23H18F2N6O3S. The lowest BCUT2D eigenvalue weighted by Crippen LogP contribution is -2.26. The molecular weight excluding hydrogens is 478 g/mol. The number of pyridine rings is 1. The van der Waals surface area contributed by atoms with Gasteiger partial charge in [0, 0.05) is 52.1 Å². The van der Waals surface area contributed by atoms with Gasteiger partial charge in [-0.3, -0.25) is 14.1 Å². The van der Waals surface area contributed by atoms with E-state index in [2.05, 4.69) is 21.4 Å². The van der Waals surface area contributed by atoms with Crippen molar-refractivity contribution in [2.45, 2.75) is 18.1 Å². The highest BCUT2D eigenvalue weighted by molar-refractivity contribution is 7.85. The molecule has 2 saturated heterocycles. The van der Waals surface area contributed by atoms with Crippen molar-refractivity contribution >= 4 is 22.6 Å². The van der Waals surface area contributed by atoms with Crippen LogP contribution >= 0.6 is 0 Å². The second-order valence-electron chi connectivity index (χ2n) is 8.92. The molecule has 2 unspecified atom stereocenters. The van der Waals surface area contributed by atoms with Crippen LogP contribution < -0.4 is 4.90 Å². The zero-order valence-corrected chi connectivity index (χ0v) is 19.0. The van der Waals surface area contributed by atoms with E-state index in [1.165, 1.54) is 28.0 Å². The lowest BCUT2D eigenvalue weighted by molar-refractivity contribution is 0.129. The number of ether oxygens (including phenoxy) is 1. The van der Waals surface area contributed by atoms with Gasteiger partial charge in [-0.05, 0) is 18.2 Å². The summed E-state index contributed by atoms with van der Waals surface area (Å²) >= 11 is 0. The van der Waals surface area contributed by atoms with E-state index in [0.29, 0.717) is 17.2 Å². The highest BCUT2D eigenvalue weighted by atomic mass is 32.2. The maximum Gasteiger partial charge on any atom is 0.414 e. The summed E-state index contributed by atoms with van der Waals surface area (Å²) in [5.41, 5.74) is -0.257. The van der Waals surface area contributed by atoms with E-state index in [-0.39, 0.29) is 41.7 Å². The number of hydrogen-bond donors (Lipinski definition) is 0. The Labute approximate surface area is 200 Å². The minimum absolute atomic E-state index is 0.00744. The lowest BCUT2D eigenvalue weighted by Gasteiger charge is -2.16.